The van der Waals surface area contributed by atoms with Crippen LogP contribution >= 0.6 is 0 Å². The summed E-state index contributed by atoms with van der Waals surface area (Å²) in [5.74, 6) is -9.23. The smallest absolute Gasteiger partial charge is 0.269 e. The molecule has 18 N–H and O–H groups in total. The molecule has 0 amide bonds. The normalized spacial score (nSPS) is 28.2. The maximum Gasteiger partial charge on any atom is 0.269 e. The number of phenols is 6. The van der Waals surface area contributed by atoms with Crippen molar-refractivity contribution in [3.8, 4) is 34.5 Å². The van der Waals surface area contributed by atoms with Gasteiger partial charge in [0.05, 0.1) is 93.2 Å². The van der Waals surface area contributed by atoms with E-state index < -0.39 is 225 Å². The zero-order chi connectivity index (χ0) is 93.3. The number of anilines is 1. The van der Waals surface area contributed by atoms with Crippen molar-refractivity contribution in [1.82, 2.24) is 10.6 Å². The van der Waals surface area contributed by atoms with E-state index in [9.17, 15) is 115 Å². The lowest BCUT2D eigenvalue weighted by Gasteiger charge is -2.43. The molecule has 0 spiro atoms. The monoisotopic (exact) mass is 1770 g/mol. The fourth-order valence-electron chi connectivity index (χ4n) is 19.3. The number of hydrogen-bond donors (Lipinski definition) is 16. The van der Waals surface area contributed by atoms with Crippen molar-refractivity contribution < 1.29 is 138 Å². The van der Waals surface area contributed by atoms with Gasteiger partial charge in [-0.2, -0.15) is 0 Å². The molecule has 0 aromatic heterocycles. The van der Waals surface area contributed by atoms with Crippen molar-refractivity contribution >= 4 is 63.4 Å². The minimum Gasteiger partial charge on any atom is -0.507 e. The molecule has 17 rings (SSSR count). The second kappa shape index (κ2) is 34.9. The molecule has 3 fully saturated rings. The van der Waals surface area contributed by atoms with Gasteiger partial charge in [-0.15, -0.1) is 0 Å². The molecular formula is C95H99N5O29. The van der Waals surface area contributed by atoms with Crippen LogP contribution in [0.1, 0.15) is 255 Å². The molecule has 34 heteroatoms. The van der Waals surface area contributed by atoms with Gasteiger partial charge in [-0.1, -0.05) is 78.9 Å². The number of nitrogens with one attached hydrogen (secondary N) is 2. The fourth-order valence-corrected chi connectivity index (χ4v) is 19.3. The highest BCUT2D eigenvalue weighted by atomic mass is 16.7. The molecule has 9 aliphatic rings. The lowest BCUT2D eigenvalue weighted by atomic mass is 9.71. The summed E-state index contributed by atoms with van der Waals surface area (Å²) in [7, 11) is 0. The maximum absolute atomic E-state index is 13.8. The van der Waals surface area contributed by atoms with Gasteiger partial charge in [0.25, 0.3) is 5.69 Å². The van der Waals surface area contributed by atoms with Crippen LogP contribution in [-0.4, -0.2) is 209 Å². The molecule has 6 aliphatic carbocycles. The summed E-state index contributed by atoms with van der Waals surface area (Å²) in [6, 6.07) is 25.8. The van der Waals surface area contributed by atoms with E-state index in [1.807, 2.05) is 12.1 Å². The van der Waals surface area contributed by atoms with E-state index in [1.165, 1.54) is 51.1 Å². The number of carbonyl (C=O) groups is 9. The molecule has 678 valence electrons. The number of nitrogens with two attached hydrogens (primary N) is 2. The standard InChI is InChI=1S/C34H34N2O11.C34H36N2O9.C27H29NO9/c1-15-5-4-6-20-25(15)32(41)28-27(30(20)39)31(40)21-12-34(43,17(3)37)13-23(26(21)33(28)42)47-24-11-22(29(38)16(2)46-24)35-14-18-7-9-19(10-8-18)36(44)45;1-15-5-4-6-20-25(15)32(41)28-27(30(20)39)31(40)21-12-34(43,17(3)37)13-23(26(21)33(28)42)45-24-11-22(29(38)16(2)44-24)36-14-18-7-9-19(35)10-8-18;1-10-5-4-6-13-18(10)25(33)21-20(23(13)31)24(32)14-8-27(35,12(3)29)9-16(19(14)26(21)34)37-17-7-15(28)22(30)11(2)36-17/h4-10,16,22-24,29,35,38,40,42-43H,11-14H2,1-3H3;4-10,16,22-24,29,36,38,40,42-43H,11-14,35H2,1-3H3;4-6,11,15-17,22,30,32,34-35H,7-9,28H2,1-3H3/t2*16?,22?,23-,24?,29?,34-;11?,15?,16-,17?,22?,27-/m000/s1. The number of aliphatic hydroxyl groups is 6. The van der Waals surface area contributed by atoms with Crippen LogP contribution in [0.2, 0.25) is 0 Å². The number of carbonyl (C=O) groups excluding carboxylic acids is 9. The van der Waals surface area contributed by atoms with Gasteiger partial charge >= 0.3 is 0 Å². The number of benzene rings is 8. The largest absolute Gasteiger partial charge is 0.507 e. The number of nitrogen functional groups attached to an aromatic ring is 1. The third kappa shape index (κ3) is 16.4. The molecule has 12 unspecified atom stereocenters. The van der Waals surface area contributed by atoms with Gasteiger partial charge in [-0.05, 0) is 102 Å². The second-order valence-corrected chi connectivity index (χ2v) is 35.1. The van der Waals surface area contributed by atoms with E-state index in [-0.39, 0.29) is 145 Å². The molecule has 0 saturated carbocycles. The second-order valence-electron chi connectivity index (χ2n) is 35.1. The summed E-state index contributed by atoms with van der Waals surface area (Å²) in [5, 5.41) is 152. The SMILES string of the molecule is CC(=O)[C@]1(O)Cc2c(O)c3c(c(O)c2[C@@H](OC2CC(N)C(O)C(C)O2)C1)C(=O)c1c(C)cccc1C3=O.CC(=O)[C@]1(O)Cc2c(O)c3c(c(O)c2[C@@H](OC2CC(NCc4ccc(N)cc4)C(O)C(C)O2)C1)C(=O)c1c(C)cccc1C3=O.CC(=O)[C@]1(O)Cc2c(O)c3c(c(O)c2[C@@H](OC2CC(NCc4ccc([N+](=O)[O-])cc4)C(O)C(C)O2)C1)C(=O)c1c(C)cccc1C3=O. The number of hydrogen-bond acceptors (Lipinski definition) is 33. The first-order chi connectivity index (χ1) is 60.9. The number of phenolic OH excluding ortho intramolecular Hbond substituents is 6. The van der Waals surface area contributed by atoms with Gasteiger partial charge in [0.15, 0.2) is 70.9 Å². The zero-order valence-corrected chi connectivity index (χ0v) is 71.7. The summed E-state index contributed by atoms with van der Waals surface area (Å²) in [6.45, 7) is 14.2. The Hall–Kier alpha value is -11.8. The van der Waals surface area contributed by atoms with Gasteiger partial charge in [0.2, 0.25) is 0 Å². The summed E-state index contributed by atoms with van der Waals surface area (Å²) >= 11 is 0. The van der Waals surface area contributed by atoms with Gasteiger partial charge in [0.1, 0.15) is 51.3 Å². The number of aryl methyl sites for hydroxylation is 3. The van der Waals surface area contributed by atoms with Crippen molar-refractivity contribution in [3.63, 3.8) is 0 Å². The lowest BCUT2D eigenvalue weighted by molar-refractivity contribution is -0.384. The van der Waals surface area contributed by atoms with E-state index in [4.69, 9.17) is 39.9 Å². The third-order valence-electron chi connectivity index (χ3n) is 26.6. The highest BCUT2D eigenvalue weighted by Crippen LogP contribution is 2.57. The third-order valence-corrected chi connectivity index (χ3v) is 26.6. The predicted octanol–water partition coefficient (Wildman–Crippen LogP) is 7.14. The number of ketones is 9. The number of nitro groups is 1. The van der Waals surface area contributed by atoms with E-state index in [0.717, 1.165) is 11.1 Å². The number of aromatic hydroxyl groups is 6. The summed E-state index contributed by atoms with van der Waals surface area (Å²) in [5.41, 5.74) is 7.74. The molecule has 129 heavy (non-hydrogen) atoms. The van der Waals surface area contributed by atoms with E-state index in [2.05, 4.69) is 10.6 Å². The zero-order valence-electron chi connectivity index (χ0n) is 71.7. The van der Waals surface area contributed by atoms with Crippen LogP contribution in [0.5, 0.6) is 34.5 Å². The molecule has 3 aliphatic heterocycles. The van der Waals surface area contributed by atoms with Gasteiger partial charge in [-0.25, -0.2) is 0 Å². The lowest BCUT2D eigenvalue weighted by Crippen LogP contribution is -2.54. The Morgan fingerprint density at radius 1 is 0.434 bits per heavy atom. The summed E-state index contributed by atoms with van der Waals surface area (Å²) in [6.07, 6.45) is -13.5. The van der Waals surface area contributed by atoms with Gasteiger partial charge in [0, 0.05) is 174 Å². The molecule has 3 saturated heterocycles. The minimum absolute atomic E-state index is 0.00342. The number of rotatable bonds is 16. The van der Waals surface area contributed by atoms with E-state index in [0.29, 0.717) is 28.9 Å². The van der Waals surface area contributed by atoms with Crippen molar-refractivity contribution in [1.29, 1.82) is 0 Å². The Kier molecular flexibility index (Phi) is 24.9. The number of non-ortho nitro benzene ring substituents is 1. The van der Waals surface area contributed by atoms with Gasteiger partial charge in [-0.3, -0.25) is 53.3 Å². The van der Waals surface area contributed by atoms with E-state index in [1.54, 1.807) is 102 Å². The van der Waals surface area contributed by atoms with Crippen molar-refractivity contribution in [2.75, 3.05) is 5.73 Å². The number of nitrogens with zero attached hydrogens (tertiary/aromatic N) is 1. The average Bonchev–Trinajstić information content (AvgIpc) is 0.718. The van der Waals surface area contributed by atoms with Crippen LogP contribution in [0.3, 0.4) is 0 Å². The highest BCUT2D eigenvalue weighted by molar-refractivity contribution is 6.33. The topological polar surface area (TPSA) is 571 Å². The Labute approximate surface area is 737 Å². The Morgan fingerprint density at radius 2 is 0.721 bits per heavy atom. The van der Waals surface area contributed by atoms with Crippen molar-refractivity contribution in [2.24, 2.45) is 5.73 Å². The van der Waals surface area contributed by atoms with Crippen LogP contribution < -0.4 is 22.1 Å². The molecule has 0 radical (unpaired) electrons. The Bertz CT molecular complexity index is 6020. The first-order valence-electron chi connectivity index (χ1n) is 42.2. The first-order valence-corrected chi connectivity index (χ1v) is 42.2. The van der Waals surface area contributed by atoms with Crippen LogP contribution in [0, 0.1) is 30.9 Å². The van der Waals surface area contributed by atoms with Crippen LogP contribution in [0.4, 0.5) is 11.4 Å². The van der Waals surface area contributed by atoms with Gasteiger partial charge < -0.3 is 112 Å². The number of Topliss-reactive ketones (excluding diaryl/α,β-unsaturated/α-hetero) is 3. The first kappa shape index (κ1) is 91.9. The predicted molar refractivity (Wildman–Crippen MR) is 455 cm³/mol. The molecule has 8 aromatic rings. The number of ether oxygens (including phenoxy) is 6. The number of aliphatic hydroxyl groups excluding tert-OH is 3. The quantitative estimate of drug-likeness (QED) is 0.0198. The molecule has 34 nitrogen and oxygen atoms in total. The molecule has 18 atom stereocenters. The molecule has 0 bridgehead atoms. The number of fused-ring (bicyclic) bond motifs is 9. The molecular weight excluding hydrogens is 1680 g/mol. The maximum atomic E-state index is 13.8. The Morgan fingerprint density at radius 3 is 1.02 bits per heavy atom. The van der Waals surface area contributed by atoms with Crippen LogP contribution in [0.25, 0.3) is 0 Å². The van der Waals surface area contributed by atoms with Crippen LogP contribution in [-0.2, 0) is 75.2 Å². The summed E-state index contributed by atoms with van der Waals surface area (Å²) < 4.78 is 36.3. The fraction of sp³-hybridized carbons (Fsp3) is 0.400. The van der Waals surface area contributed by atoms with Crippen molar-refractivity contribution in [3.05, 3.63) is 241 Å². The van der Waals surface area contributed by atoms with Crippen LogP contribution in [0.15, 0.2) is 103 Å². The number of nitro benzene ring substituents is 1. The molecule has 3 heterocycles. The molecule has 8 aromatic carbocycles. The Balaban J connectivity index is 0.000000150. The minimum atomic E-state index is -2.04. The van der Waals surface area contributed by atoms with Crippen molar-refractivity contribution in [2.45, 2.75) is 242 Å². The van der Waals surface area contributed by atoms with E-state index >= 15 is 0 Å². The summed E-state index contributed by atoms with van der Waals surface area (Å²) in [4.78, 5) is 130. The average molecular weight is 1770 g/mol. The highest BCUT2D eigenvalue weighted by Gasteiger charge is 2.55.